The maximum Gasteiger partial charge on any atom is 0.505 e. The minimum Gasteiger partial charge on any atom is -0.369 e. The lowest BCUT2D eigenvalue weighted by molar-refractivity contribution is 0.191. The monoisotopic (exact) mass is 190 g/mol. The fourth-order valence-corrected chi connectivity index (χ4v) is 0. The molecule has 0 heterocycles. The van der Waals surface area contributed by atoms with Crippen molar-refractivity contribution >= 4 is 29.2 Å². The zero-order valence-electron chi connectivity index (χ0n) is 2.07. The van der Waals surface area contributed by atoms with E-state index < -0.39 is 6.22 Å². The van der Waals surface area contributed by atoms with E-state index in [9.17, 15) is 4.39 Å². The number of carbonyl (C=O) groups excluding carboxylic acids is 1. The predicted octanol–water partition coefficient (Wildman–Crippen LogP) is 1.44. The Balaban J connectivity index is 2.85. The lowest BCUT2D eigenvalue weighted by atomic mass is 11.5. The van der Waals surface area contributed by atoms with Gasteiger partial charge in [-0.3, -0.25) is 0 Å². The molecule has 0 aromatic rings. The minimum atomic E-state index is -1.76. The Morgan fingerprint density at radius 1 is 2.00 bits per heavy atom. The number of rotatable bonds is 0. The summed E-state index contributed by atoms with van der Waals surface area (Å²) in [6, 6.07) is 0. The Bertz CT molecular complexity index is 44.9. The van der Waals surface area contributed by atoms with Gasteiger partial charge >= 0.3 is 6.22 Å². The number of hydrogen-bond donors (Lipinski definition) is 0. The van der Waals surface area contributed by atoms with E-state index in [0.29, 0.717) is 0 Å². The molecular formula is CFIO2. The molecular weight excluding hydrogens is 190 g/mol. The maximum atomic E-state index is 10.6. The van der Waals surface area contributed by atoms with Crippen LogP contribution in [0.4, 0.5) is 9.18 Å². The van der Waals surface area contributed by atoms with Crippen LogP contribution < -0.4 is 0 Å². The van der Waals surface area contributed by atoms with Crippen LogP contribution in [-0.2, 0) is 3.07 Å². The molecule has 2 nitrogen and oxygen atoms in total. The summed E-state index contributed by atoms with van der Waals surface area (Å²) in [5.41, 5.74) is 0. The van der Waals surface area contributed by atoms with Crippen LogP contribution in [0.3, 0.4) is 0 Å². The first-order valence-corrected chi connectivity index (χ1v) is 1.63. The highest BCUT2D eigenvalue weighted by Gasteiger charge is 1.86. The van der Waals surface area contributed by atoms with Gasteiger partial charge in [-0.25, -0.2) is 4.79 Å². The van der Waals surface area contributed by atoms with Crippen molar-refractivity contribution in [1.82, 2.24) is 0 Å². The van der Waals surface area contributed by atoms with Gasteiger partial charge in [0.15, 0.2) is 23.0 Å². The van der Waals surface area contributed by atoms with Crippen LogP contribution in [0.25, 0.3) is 0 Å². The molecule has 0 aliphatic heterocycles. The summed E-state index contributed by atoms with van der Waals surface area (Å²) in [5.74, 6) is 0. The average Bonchev–Trinajstić information content (AvgIpc) is 1.38. The van der Waals surface area contributed by atoms with Gasteiger partial charge in [0.25, 0.3) is 0 Å². The van der Waals surface area contributed by atoms with Crippen molar-refractivity contribution in [2.75, 3.05) is 0 Å². The quantitative estimate of drug-likeness (QED) is 0.426. The Labute approximate surface area is 42.0 Å². The van der Waals surface area contributed by atoms with Gasteiger partial charge < -0.3 is 3.07 Å². The fourth-order valence-electron chi connectivity index (χ4n) is 0. The SMILES string of the molecule is O=C(F)OI. The molecule has 0 aromatic heterocycles. The van der Waals surface area contributed by atoms with E-state index in [1.54, 1.807) is 0 Å². The van der Waals surface area contributed by atoms with Gasteiger partial charge in [0.2, 0.25) is 0 Å². The van der Waals surface area contributed by atoms with Gasteiger partial charge in [-0.1, -0.05) is 0 Å². The zero-order chi connectivity index (χ0) is 4.28. The summed E-state index contributed by atoms with van der Waals surface area (Å²) in [6.45, 7) is 0. The fraction of sp³-hybridized carbons (Fsp3) is 0. The molecule has 0 radical (unpaired) electrons. The molecule has 0 saturated heterocycles. The second-order valence-corrected chi connectivity index (χ2v) is 0.755. The van der Waals surface area contributed by atoms with E-state index in [0.717, 1.165) is 23.0 Å². The van der Waals surface area contributed by atoms with E-state index in [1.165, 1.54) is 0 Å². The highest BCUT2D eigenvalue weighted by Crippen LogP contribution is 1.87. The van der Waals surface area contributed by atoms with E-state index in [4.69, 9.17) is 4.79 Å². The Morgan fingerprint density at radius 2 is 2.20 bits per heavy atom. The standard InChI is InChI=1S/CFIO2/c2-1(4)5-3. The highest BCUT2D eigenvalue weighted by atomic mass is 127. The molecule has 4 heteroatoms. The largest absolute Gasteiger partial charge is 0.505 e. The molecule has 0 amide bonds. The Morgan fingerprint density at radius 3 is 2.20 bits per heavy atom. The second kappa shape index (κ2) is 2.37. The van der Waals surface area contributed by atoms with Gasteiger partial charge in [-0.15, -0.1) is 4.39 Å². The Hall–Kier alpha value is 0.130. The molecule has 0 rings (SSSR count). The summed E-state index contributed by atoms with van der Waals surface area (Å²) in [5, 5.41) is 0. The molecule has 0 aliphatic carbocycles. The Kier molecular flexibility index (Phi) is 2.43. The van der Waals surface area contributed by atoms with Crippen molar-refractivity contribution in [3.05, 3.63) is 0 Å². The molecule has 0 saturated carbocycles. The smallest absolute Gasteiger partial charge is 0.369 e. The number of carbonyl (C=O) groups is 1. The third kappa shape index (κ3) is 4.13. The van der Waals surface area contributed by atoms with Crippen molar-refractivity contribution < 1.29 is 12.3 Å². The normalized spacial score (nSPS) is 6.80. The molecule has 5 heavy (non-hydrogen) atoms. The minimum absolute atomic E-state index is 1.15. The molecule has 0 aliphatic rings. The summed E-state index contributed by atoms with van der Waals surface area (Å²) in [4.78, 5) is 8.92. The maximum absolute atomic E-state index is 10.6. The van der Waals surface area contributed by atoms with Gasteiger partial charge in [0.05, 0.1) is 0 Å². The van der Waals surface area contributed by atoms with Crippen molar-refractivity contribution in [2.24, 2.45) is 0 Å². The first-order chi connectivity index (χ1) is 2.27. The van der Waals surface area contributed by atoms with Crippen molar-refractivity contribution in [3.8, 4) is 0 Å². The zero-order valence-corrected chi connectivity index (χ0v) is 4.23. The summed E-state index contributed by atoms with van der Waals surface area (Å²) < 4.78 is 14.0. The van der Waals surface area contributed by atoms with Gasteiger partial charge in [-0.05, 0) is 0 Å². The second-order valence-electron chi connectivity index (χ2n) is 0.315. The van der Waals surface area contributed by atoms with Gasteiger partial charge in [0, 0.05) is 0 Å². The van der Waals surface area contributed by atoms with Gasteiger partial charge in [0.1, 0.15) is 0 Å². The first kappa shape index (κ1) is 5.13. The molecule has 0 atom stereocenters. The van der Waals surface area contributed by atoms with Crippen molar-refractivity contribution in [3.63, 3.8) is 0 Å². The van der Waals surface area contributed by atoms with Crippen LogP contribution in [0.2, 0.25) is 0 Å². The molecule has 0 fully saturated rings. The lowest BCUT2D eigenvalue weighted by Crippen LogP contribution is -1.74. The molecule has 0 aromatic carbocycles. The third-order valence-electron chi connectivity index (χ3n) is 0.0607. The van der Waals surface area contributed by atoms with Crippen molar-refractivity contribution in [1.29, 1.82) is 0 Å². The van der Waals surface area contributed by atoms with Crippen LogP contribution in [0, 0.1) is 0 Å². The van der Waals surface area contributed by atoms with Crippen LogP contribution in [0.15, 0.2) is 0 Å². The number of hydrogen-bond acceptors (Lipinski definition) is 2. The van der Waals surface area contributed by atoms with Crippen LogP contribution >= 0.6 is 23.0 Å². The van der Waals surface area contributed by atoms with Crippen LogP contribution in [-0.4, -0.2) is 6.22 Å². The highest BCUT2D eigenvalue weighted by molar-refractivity contribution is 14.1. The third-order valence-corrected chi connectivity index (χ3v) is 0.407. The predicted molar refractivity (Wildman–Crippen MR) is 21.6 cm³/mol. The van der Waals surface area contributed by atoms with Gasteiger partial charge in [-0.2, -0.15) is 0 Å². The molecule has 0 unspecified atom stereocenters. The van der Waals surface area contributed by atoms with Crippen molar-refractivity contribution in [2.45, 2.75) is 0 Å². The number of halogens is 2. The summed E-state index contributed by atoms with van der Waals surface area (Å²) in [7, 11) is 0. The average molecular weight is 190 g/mol. The van der Waals surface area contributed by atoms with Crippen LogP contribution in [0.1, 0.15) is 0 Å². The molecule has 0 spiro atoms. The van der Waals surface area contributed by atoms with E-state index >= 15 is 0 Å². The van der Waals surface area contributed by atoms with E-state index in [2.05, 4.69) is 3.07 Å². The lowest BCUT2D eigenvalue weighted by Gasteiger charge is -1.70. The van der Waals surface area contributed by atoms with E-state index in [1.807, 2.05) is 0 Å². The summed E-state index contributed by atoms with van der Waals surface area (Å²) in [6.07, 6.45) is -1.76. The topological polar surface area (TPSA) is 26.3 Å². The first-order valence-electron chi connectivity index (χ1n) is 0.752. The molecule has 30 valence electrons. The van der Waals surface area contributed by atoms with E-state index in [-0.39, 0.29) is 0 Å². The summed E-state index contributed by atoms with van der Waals surface area (Å²) >= 11 is 1.15. The molecule has 0 N–H and O–H groups in total. The van der Waals surface area contributed by atoms with Crippen LogP contribution in [0.5, 0.6) is 0 Å². The molecule has 0 bridgehead atoms.